The summed E-state index contributed by atoms with van der Waals surface area (Å²) in [6.45, 7) is 2.87. The summed E-state index contributed by atoms with van der Waals surface area (Å²) < 4.78 is 1.13. The average molecular weight is 347 g/mol. The Hall–Kier alpha value is -1.81. The van der Waals surface area contributed by atoms with Gasteiger partial charge in [-0.25, -0.2) is 0 Å². The summed E-state index contributed by atoms with van der Waals surface area (Å²) in [5.41, 5.74) is 4.54. The molecule has 0 saturated carbocycles. The summed E-state index contributed by atoms with van der Waals surface area (Å²) in [6, 6.07) is 14.3. The normalized spacial score (nSPS) is 10.2. The molecule has 0 saturated heterocycles. The molecule has 0 atom stereocenters. The molecule has 0 fully saturated rings. The Kier molecular flexibility index (Phi) is 5.39. The van der Waals surface area contributed by atoms with Crippen LogP contribution >= 0.6 is 15.9 Å². The van der Waals surface area contributed by atoms with Crippen molar-refractivity contribution >= 4 is 27.5 Å². The van der Waals surface area contributed by atoms with E-state index < -0.39 is 0 Å². The van der Waals surface area contributed by atoms with Crippen molar-refractivity contribution in [2.24, 2.45) is 0 Å². The molecule has 0 aliphatic heterocycles. The van der Waals surface area contributed by atoms with E-state index in [4.69, 9.17) is 0 Å². The number of halogens is 1. The number of rotatable bonds is 5. The van der Waals surface area contributed by atoms with Crippen molar-refractivity contribution in [1.82, 2.24) is 5.32 Å². The highest BCUT2D eigenvalue weighted by molar-refractivity contribution is 9.10. The van der Waals surface area contributed by atoms with Crippen LogP contribution in [-0.2, 0) is 17.8 Å². The minimum Gasteiger partial charge on any atom is -0.381 e. The van der Waals surface area contributed by atoms with Gasteiger partial charge in [-0.2, -0.15) is 0 Å². The van der Waals surface area contributed by atoms with E-state index in [1.54, 1.807) is 7.05 Å². The van der Waals surface area contributed by atoms with Crippen LogP contribution < -0.4 is 10.6 Å². The lowest BCUT2D eigenvalue weighted by atomic mass is 10.1. The highest BCUT2D eigenvalue weighted by Crippen LogP contribution is 2.18. The van der Waals surface area contributed by atoms with E-state index >= 15 is 0 Å². The predicted molar refractivity (Wildman–Crippen MR) is 90.4 cm³/mol. The molecule has 110 valence electrons. The zero-order valence-electron chi connectivity index (χ0n) is 12.2. The Morgan fingerprint density at radius 3 is 2.38 bits per heavy atom. The molecule has 0 aliphatic rings. The fourth-order valence-electron chi connectivity index (χ4n) is 2.04. The summed E-state index contributed by atoms with van der Waals surface area (Å²) >= 11 is 3.51. The van der Waals surface area contributed by atoms with Gasteiger partial charge >= 0.3 is 0 Å². The molecule has 0 aromatic heterocycles. The van der Waals surface area contributed by atoms with E-state index in [0.717, 1.165) is 22.3 Å². The van der Waals surface area contributed by atoms with Crippen molar-refractivity contribution in [3.05, 3.63) is 63.6 Å². The van der Waals surface area contributed by atoms with E-state index in [-0.39, 0.29) is 5.91 Å². The van der Waals surface area contributed by atoms with Gasteiger partial charge in [-0.05, 0) is 41.8 Å². The minimum absolute atomic E-state index is 0.0287. The van der Waals surface area contributed by atoms with Gasteiger partial charge in [-0.3, -0.25) is 4.79 Å². The number of aryl methyl sites for hydroxylation is 1. The molecule has 3 nitrogen and oxygen atoms in total. The lowest BCUT2D eigenvalue weighted by Crippen LogP contribution is -2.19. The maximum atomic E-state index is 11.3. The number of amides is 1. The number of hydrogen-bond acceptors (Lipinski definition) is 2. The minimum atomic E-state index is 0.0287. The molecule has 4 heteroatoms. The smallest absolute Gasteiger partial charge is 0.224 e. The molecule has 0 radical (unpaired) electrons. The van der Waals surface area contributed by atoms with Crippen LogP contribution in [0.15, 0.2) is 46.9 Å². The molecule has 0 unspecified atom stereocenters. The van der Waals surface area contributed by atoms with E-state index in [0.29, 0.717) is 6.42 Å². The topological polar surface area (TPSA) is 41.1 Å². The first-order chi connectivity index (χ1) is 10.1. The van der Waals surface area contributed by atoms with E-state index in [9.17, 15) is 4.79 Å². The van der Waals surface area contributed by atoms with Gasteiger partial charge in [0.2, 0.25) is 5.91 Å². The van der Waals surface area contributed by atoms with Crippen LogP contribution in [0.25, 0.3) is 0 Å². The number of likely N-dealkylation sites (N-methyl/N-ethyl adjacent to an activating group) is 1. The van der Waals surface area contributed by atoms with Gasteiger partial charge in [-0.1, -0.05) is 40.2 Å². The van der Waals surface area contributed by atoms with Crippen LogP contribution in [0.1, 0.15) is 16.7 Å². The second-order valence-electron chi connectivity index (χ2n) is 4.98. The molecule has 0 bridgehead atoms. The number of nitrogens with one attached hydrogen (secondary N) is 2. The van der Waals surface area contributed by atoms with E-state index in [2.05, 4.69) is 51.7 Å². The van der Waals surface area contributed by atoms with Crippen LogP contribution in [0, 0.1) is 6.92 Å². The Bertz CT molecular complexity index is 623. The molecule has 2 rings (SSSR count). The monoisotopic (exact) mass is 346 g/mol. The number of carbonyl (C=O) groups excluding carboxylic acids is 1. The first-order valence-corrected chi connectivity index (χ1v) is 7.66. The van der Waals surface area contributed by atoms with Crippen LogP contribution in [-0.4, -0.2) is 13.0 Å². The summed E-state index contributed by atoms with van der Waals surface area (Å²) in [6.07, 6.45) is 0.419. The molecule has 2 N–H and O–H groups in total. The first-order valence-electron chi connectivity index (χ1n) is 6.87. The largest absolute Gasteiger partial charge is 0.381 e. The SMILES string of the molecule is CNC(=O)Cc1ccc(NCc2ccc(Br)c(C)c2)cc1. The molecular formula is C17H19BrN2O. The van der Waals surface area contributed by atoms with Gasteiger partial charge in [0.1, 0.15) is 0 Å². The van der Waals surface area contributed by atoms with Crippen molar-refractivity contribution in [2.75, 3.05) is 12.4 Å². The zero-order valence-corrected chi connectivity index (χ0v) is 13.8. The van der Waals surface area contributed by atoms with Crippen LogP contribution in [0.3, 0.4) is 0 Å². The summed E-state index contributed by atoms with van der Waals surface area (Å²) in [5.74, 6) is 0.0287. The van der Waals surface area contributed by atoms with Crippen LogP contribution in [0.2, 0.25) is 0 Å². The Morgan fingerprint density at radius 1 is 1.10 bits per heavy atom. The third-order valence-electron chi connectivity index (χ3n) is 3.32. The fourth-order valence-corrected chi connectivity index (χ4v) is 2.28. The van der Waals surface area contributed by atoms with E-state index in [1.807, 2.05) is 24.3 Å². The second-order valence-corrected chi connectivity index (χ2v) is 5.84. The standard InChI is InChI=1S/C17H19BrN2O/c1-12-9-14(5-8-16(12)18)11-20-15-6-3-13(4-7-15)10-17(21)19-2/h3-9,20H,10-11H2,1-2H3,(H,19,21). The third-order valence-corrected chi connectivity index (χ3v) is 4.21. The van der Waals surface area contributed by atoms with E-state index in [1.165, 1.54) is 11.1 Å². The number of carbonyl (C=O) groups is 1. The van der Waals surface area contributed by atoms with Crippen molar-refractivity contribution in [3.63, 3.8) is 0 Å². The number of anilines is 1. The summed E-state index contributed by atoms with van der Waals surface area (Å²) in [5, 5.41) is 6.01. The molecule has 2 aromatic rings. The number of hydrogen-bond donors (Lipinski definition) is 2. The molecule has 0 aliphatic carbocycles. The summed E-state index contributed by atoms with van der Waals surface area (Å²) in [4.78, 5) is 11.3. The Morgan fingerprint density at radius 2 is 1.76 bits per heavy atom. The molecule has 2 aromatic carbocycles. The first kappa shape index (κ1) is 15.6. The van der Waals surface area contributed by atoms with Gasteiger partial charge in [-0.15, -0.1) is 0 Å². The number of benzene rings is 2. The fraction of sp³-hybridized carbons (Fsp3) is 0.235. The van der Waals surface area contributed by atoms with Crippen LogP contribution in [0.5, 0.6) is 0 Å². The van der Waals surface area contributed by atoms with Gasteiger partial charge in [0.25, 0.3) is 0 Å². The van der Waals surface area contributed by atoms with Gasteiger partial charge in [0.05, 0.1) is 6.42 Å². The average Bonchev–Trinajstić information content (AvgIpc) is 2.50. The summed E-state index contributed by atoms with van der Waals surface area (Å²) in [7, 11) is 1.65. The quantitative estimate of drug-likeness (QED) is 0.867. The van der Waals surface area contributed by atoms with Crippen molar-refractivity contribution in [1.29, 1.82) is 0 Å². The lowest BCUT2D eigenvalue weighted by Gasteiger charge is -2.09. The third kappa shape index (κ3) is 4.60. The van der Waals surface area contributed by atoms with Crippen molar-refractivity contribution in [3.8, 4) is 0 Å². The highest BCUT2D eigenvalue weighted by atomic mass is 79.9. The Labute approximate surface area is 133 Å². The second kappa shape index (κ2) is 7.27. The van der Waals surface area contributed by atoms with Crippen molar-refractivity contribution < 1.29 is 4.79 Å². The maximum absolute atomic E-state index is 11.3. The van der Waals surface area contributed by atoms with Crippen LogP contribution in [0.4, 0.5) is 5.69 Å². The molecule has 0 spiro atoms. The molecule has 1 amide bonds. The molecular weight excluding hydrogens is 328 g/mol. The molecule has 0 heterocycles. The van der Waals surface area contributed by atoms with Crippen molar-refractivity contribution in [2.45, 2.75) is 19.9 Å². The lowest BCUT2D eigenvalue weighted by molar-refractivity contribution is -0.119. The molecule has 21 heavy (non-hydrogen) atoms. The predicted octanol–water partition coefficient (Wildman–Crippen LogP) is 3.66. The highest BCUT2D eigenvalue weighted by Gasteiger charge is 2.01. The Balaban J connectivity index is 1.94. The van der Waals surface area contributed by atoms with Gasteiger partial charge < -0.3 is 10.6 Å². The van der Waals surface area contributed by atoms with Gasteiger partial charge in [0.15, 0.2) is 0 Å². The van der Waals surface area contributed by atoms with Gasteiger partial charge in [0, 0.05) is 23.8 Å². The maximum Gasteiger partial charge on any atom is 0.224 e. The zero-order chi connectivity index (χ0) is 15.2.